The van der Waals surface area contributed by atoms with E-state index in [9.17, 15) is 5.11 Å². The number of nitrogens with zero attached hydrogens (tertiary/aromatic N) is 2. The van der Waals surface area contributed by atoms with Crippen molar-refractivity contribution in [3.05, 3.63) is 95.8 Å². The van der Waals surface area contributed by atoms with Crippen molar-refractivity contribution in [2.45, 2.75) is 6.61 Å². The number of fused-ring (bicyclic) bond motifs is 5. The Morgan fingerprint density at radius 2 is 1.67 bits per heavy atom. The minimum absolute atomic E-state index is 0.0625. The number of para-hydroxylation sites is 1. The second-order valence-corrected chi connectivity index (χ2v) is 6.65. The first-order valence-corrected chi connectivity index (χ1v) is 9.00. The van der Waals surface area contributed by atoms with Gasteiger partial charge in [0.15, 0.2) is 0 Å². The zero-order valence-corrected chi connectivity index (χ0v) is 14.7. The molecule has 0 saturated carbocycles. The molecule has 0 aliphatic rings. The van der Waals surface area contributed by atoms with Gasteiger partial charge in [-0.05, 0) is 41.5 Å². The zero-order chi connectivity index (χ0) is 18.2. The molecule has 3 aromatic heterocycles. The summed E-state index contributed by atoms with van der Waals surface area (Å²) >= 11 is 0. The smallest absolute Gasteiger partial charge is 0.0884 e. The van der Waals surface area contributed by atoms with Crippen LogP contribution in [-0.2, 0) is 6.61 Å². The molecule has 5 rings (SSSR count). The lowest BCUT2D eigenvalue weighted by Gasteiger charge is -2.05. The van der Waals surface area contributed by atoms with Gasteiger partial charge in [-0.25, -0.2) is 4.98 Å². The number of hydrogen-bond donors (Lipinski definition) is 1. The van der Waals surface area contributed by atoms with Crippen LogP contribution in [0.15, 0.2) is 79.0 Å². The molecule has 0 spiro atoms. The Kier molecular flexibility index (Phi) is 3.73. The second kappa shape index (κ2) is 6.38. The van der Waals surface area contributed by atoms with E-state index in [2.05, 4.69) is 59.1 Å². The lowest BCUT2D eigenvalue weighted by molar-refractivity contribution is 0.282. The van der Waals surface area contributed by atoms with Crippen LogP contribution < -0.4 is 0 Å². The summed E-state index contributed by atoms with van der Waals surface area (Å²) in [6.45, 7) is 0.0625. The largest absolute Gasteiger partial charge is 0.392 e. The standard InChI is InChI=1S/C24H18N2O/c27-16-18-10-8-17(9-11-18)12-13-23-24-21(15-19-5-3-4-14-26(19)24)20-6-1-2-7-22(20)25-23/h1-15,27H,16H2/b13-12+. The molecule has 0 aliphatic carbocycles. The first-order valence-electron chi connectivity index (χ1n) is 9.00. The van der Waals surface area contributed by atoms with Gasteiger partial charge in [-0.2, -0.15) is 0 Å². The molecule has 0 atom stereocenters. The van der Waals surface area contributed by atoms with Crippen LogP contribution in [0, 0.1) is 0 Å². The summed E-state index contributed by atoms with van der Waals surface area (Å²) in [6.07, 6.45) is 6.23. The van der Waals surface area contributed by atoms with Crippen LogP contribution in [0.4, 0.5) is 0 Å². The maximum Gasteiger partial charge on any atom is 0.0884 e. The van der Waals surface area contributed by atoms with Crippen LogP contribution >= 0.6 is 0 Å². The van der Waals surface area contributed by atoms with Crippen molar-refractivity contribution in [1.29, 1.82) is 0 Å². The van der Waals surface area contributed by atoms with Crippen LogP contribution in [0.25, 0.3) is 39.5 Å². The number of aliphatic hydroxyl groups is 1. The summed E-state index contributed by atoms with van der Waals surface area (Å²) in [5.74, 6) is 0. The number of benzene rings is 2. The highest BCUT2D eigenvalue weighted by Gasteiger charge is 2.11. The molecule has 3 heteroatoms. The van der Waals surface area contributed by atoms with Gasteiger partial charge >= 0.3 is 0 Å². The highest BCUT2D eigenvalue weighted by atomic mass is 16.3. The first-order chi connectivity index (χ1) is 13.3. The summed E-state index contributed by atoms with van der Waals surface area (Å²) in [7, 11) is 0. The fourth-order valence-corrected chi connectivity index (χ4v) is 3.60. The van der Waals surface area contributed by atoms with Crippen LogP contribution in [0.5, 0.6) is 0 Å². The predicted molar refractivity (Wildman–Crippen MR) is 111 cm³/mol. The third-order valence-corrected chi connectivity index (χ3v) is 4.95. The third-order valence-electron chi connectivity index (χ3n) is 4.95. The lowest BCUT2D eigenvalue weighted by Crippen LogP contribution is -1.90. The molecule has 0 radical (unpaired) electrons. The van der Waals surface area contributed by atoms with E-state index in [0.29, 0.717) is 0 Å². The summed E-state index contributed by atoms with van der Waals surface area (Å²) < 4.78 is 2.20. The topological polar surface area (TPSA) is 37.5 Å². The number of aromatic nitrogens is 2. The van der Waals surface area contributed by atoms with E-state index in [-0.39, 0.29) is 6.61 Å². The van der Waals surface area contributed by atoms with E-state index < -0.39 is 0 Å². The predicted octanol–water partition coefficient (Wildman–Crippen LogP) is 5.30. The summed E-state index contributed by atoms with van der Waals surface area (Å²) in [5.41, 5.74) is 6.21. The maximum atomic E-state index is 9.20. The molecule has 3 nitrogen and oxygen atoms in total. The van der Waals surface area contributed by atoms with Crippen LogP contribution in [0.1, 0.15) is 16.8 Å². The molecule has 0 fully saturated rings. The lowest BCUT2D eigenvalue weighted by atomic mass is 10.1. The van der Waals surface area contributed by atoms with Crippen LogP contribution in [-0.4, -0.2) is 14.5 Å². The molecular formula is C24H18N2O. The van der Waals surface area contributed by atoms with Gasteiger partial charge in [0, 0.05) is 22.5 Å². The van der Waals surface area contributed by atoms with Gasteiger partial charge < -0.3 is 9.51 Å². The Morgan fingerprint density at radius 1 is 0.852 bits per heavy atom. The number of aliphatic hydroxyl groups excluding tert-OH is 1. The SMILES string of the molecule is OCc1ccc(/C=C/c2nc3ccccc3c3cc4ccccn4c23)cc1. The van der Waals surface area contributed by atoms with Crippen molar-refractivity contribution >= 4 is 39.5 Å². The van der Waals surface area contributed by atoms with Gasteiger partial charge in [-0.3, -0.25) is 0 Å². The van der Waals surface area contributed by atoms with E-state index in [1.54, 1.807) is 0 Å². The quantitative estimate of drug-likeness (QED) is 0.479. The zero-order valence-electron chi connectivity index (χ0n) is 14.7. The summed E-state index contributed by atoms with van der Waals surface area (Å²) in [4.78, 5) is 4.93. The summed E-state index contributed by atoms with van der Waals surface area (Å²) in [5, 5.41) is 11.6. The first kappa shape index (κ1) is 15.8. The van der Waals surface area contributed by atoms with Crippen molar-refractivity contribution in [1.82, 2.24) is 9.38 Å². The second-order valence-electron chi connectivity index (χ2n) is 6.65. The monoisotopic (exact) mass is 350 g/mol. The van der Waals surface area contributed by atoms with Crippen molar-refractivity contribution in [2.75, 3.05) is 0 Å². The normalized spacial score (nSPS) is 11.9. The average molecular weight is 350 g/mol. The van der Waals surface area contributed by atoms with Gasteiger partial charge in [0.2, 0.25) is 0 Å². The van der Waals surface area contributed by atoms with Gasteiger partial charge in [0.05, 0.1) is 23.3 Å². The molecule has 1 N–H and O–H groups in total. The minimum atomic E-state index is 0.0625. The highest BCUT2D eigenvalue weighted by Crippen LogP contribution is 2.30. The average Bonchev–Trinajstić information content (AvgIpc) is 3.12. The van der Waals surface area contributed by atoms with Crippen molar-refractivity contribution in [2.24, 2.45) is 0 Å². The van der Waals surface area contributed by atoms with Crippen molar-refractivity contribution in [3.63, 3.8) is 0 Å². The fourth-order valence-electron chi connectivity index (χ4n) is 3.60. The molecule has 3 heterocycles. The van der Waals surface area contributed by atoms with E-state index in [4.69, 9.17) is 4.98 Å². The molecule has 27 heavy (non-hydrogen) atoms. The highest BCUT2D eigenvalue weighted by molar-refractivity contribution is 6.10. The van der Waals surface area contributed by atoms with Gasteiger partial charge in [-0.15, -0.1) is 0 Å². The molecule has 2 aromatic carbocycles. The van der Waals surface area contributed by atoms with E-state index in [0.717, 1.165) is 33.4 Å². The number of rotatable bonds is 3. The summed E-state index contributed by atoms with van der Waals surface area (Å²) in [6, 6.07) is 24.6. The fraction of sp³-hybridized carbons (Fsp3) is 0.0417. The van der Waals surface area contributed by atoms with Crippen LogP contribution in [0.3, 0.4) is 0 Å². The van der Waals surface area contributed by atoms with Crippen LogP contribution in [0.2, 0.25) is 0 Å². The maximum absolute atomic E-state index is 9.20. The Hall–Kier alpha value is -3.43. The minimum Gasteiger partial charge on any atom is -0.392 e. The molecule has 0 saturated heterocycles. The van der Waals surface area contributed by atoms with Gasteiger partial charge in [0.1, 0.15) is 0 Å². The molecule has 0 bridgehead atoms. The Morgan fingerprint density at radius 3 is 2.52 bits per heavy atom. The van der Waals surface area contributed by atoms with E-state index >= 15 is 0 Å². The Labute approximate surface area is 156 Å². The van der Waals surface area contributed by atoms with E-state index in [1.165, 1.54) is 10.8 Å². The molecule has 130 valence electrons. The molecule has 0 aliphatic heterocycles. The Bertz CT molecular complexity index is 1300. The Balaban J connectivity index is 1.75. The van der Waals surface area contributed by atoms with Gasteiger partial charge in [0.25, 0.3) is 0 Å². The molecule has 5 aromatic rings. The van der Waals surface area contributed by atoms with E-state index in [1.807, 2.05) is 36.4 Å². The van der Waals surface area contributed by atoms with Gasteiger partial charge in [-0.1, -0.05) is 54.6 Å². The van der Waals surface area contributed by atoms with Crippen molar-refractivity contribution < 1.29 is 5.11 Å². The molecule has 0 unspecified atom stereocenters. The molecule has 0 amide bonds. The van der Waals surface area contributed by atoms with Crippen molar-refractivity contribution in [3.8, 4) is 0 Å². The third kappa shape index (κ3) is 2.69. The molecular weight excluding hydrogens is 332 g/mol. The number of pyridine rings is 2. The number of hydrogen-bond acceptors (Lipinski definition) is 2.